The van der Waals surface area contributed by atoms with Gasteiger partial charge in [0.05, 0.1) is 0 Å². The number of aliphatic carboxylic acids is 1. The smallest absolute Gasteiger partial charge is 0.326 e. The standard InChI is InChI=1S/C12H18N2O4S/c1-12(2,3)14-19(17,18)13-10(11(15)16)9-7-5-4-6-8-9/h4-8,10,13-14H,1-3H3,(H,15,16). The van der Waals surface area contributed by atoms with Gasteiger partial charge in [-0.2, -0.15) is 17.9 Å². The zero-order chi connectivity index (χ0) is 14.7. The lowest BCUT2D eigenvalue weighted by Gasteiger charge is -2.22. The summed E-state index contributed by atoms with van der Waals surface area (Å²) in [5.41, 5.74) is -0.319. The topological polar surface area (TPSA) is 95.5 Å². The van der Waals surface area contributed by atoms with Gasteiger partial charge in [0.1, 0.15) is 6.04 Å². The zero-order valence-corrected chi connectivity index (χ0v) is 11.9. The van der Waals surface area contributed by atoms with E-state index in [1.165, 1.54) is 0 Å². The van der Waals surface area contributed by atoms with Gasteiger partial charge in [-0.25, -0.2) is 0 Å². The molecule has 1 aromatic carbocycles. The van der Waals surface area contributed by atoms with Crippen LogP contribution in [0.5, 0.6) is 0 Å². The number of carboxylic acids is 1. The SMILES string of the molecule is CC(C)(C)NS(=O)(=O)NC(C(=O)O)c1ccccc1. The molecule has 0 aliphatic carbocycles. The minimum Gasteiger partial charge on any atom is -0.480 e. The normalized spacial score (nSPS) is 14.1. The molecule has 0 spiro atoms. The van der Waals surface area contributed by atoms with Crippen molar-refractivity contribution in [2.24, 2.45) is 0 Å². The van der Waals surface area contributed by atoms with Gasteiger partial charge >= 0.3 is 5.97 Å². The fraction of sp³-hybridized carbons (Fsp3) is 0.417. The Labute approximate surface area is 113 Å². The highest BCUT2D eigenvalue weighted by molar-refractivity contribution is 7.87. The van der Waals surface area contributed by atoms with Crippen molar-refractivity contribution in [1.29, 1.82) is 0 Å². The van der Waals surface area contributed by atoms with Crippen molar-refractivity contribution in [3.63, 3.8) is 0 Å². The van der Waals surface area contributed by atoms with Crippen LogP contribution in [0.25, 0.3) is 0 Å². The predicted molar refractivity (Wildman–Crippen MR) is 71.8 cm³/mol. The fourth-order valence-corrected chi connectivity index (χ4v) is 2.91. The molecule has 1 atom stereocenters. The Hall–Kier alpha value is -1.44. The summed E-state index contributed by atoms with van der Waals surface area (Å²) in [5, 5.41) is 9.13. The van der Waals surface area contributed by atoms with Crippen LogP contribution in [-0.4, -0.2) is 25.0 Å². The second-order valence-corrected chi connectivity index (χ2v) is 6.60. The molecule has 0 saturated heterocycles. The fourth-order valence-electron chi connectivity index (χ4n) is 1.49. The van der Waals surface area contributed by atoms with E-state index in [-0.39, 0.29) is 0 Å². The molecule has 3 N–H and O–H groups in total. The predicted octanol–water partition coefficient (Wildman–Crippen LogP) is 1.03. The van der Waals surface area contributed by atoms with Gasteiger partial charge < -0.3 is 5.11 Å². The molecule has 0 aliphatic rings. The first-order chi connectivity index (χ1) is 8.61. The molecule has 19 heavy (non-hydrogen) atoms. The second-order valence-electron chi connectivity index (χ2n) is 5.16. The van der Waals surface area contributed by atoms with E-state index in [1.807, 2.05) is 0 Å². The van der Waals surface area contributed by atoms with E-state index in [1.54, 1.807) is 51.1 Å². The Morgan fingerprint density at radius 1 is 1.21 bits per heavy atom. The van der Waals surface area contributed by atoms with Gasteiger partial charge in [-0.3, -0.25) is 4.79 Å². The van der Waals surface area contributed by atoms with Crippen LogP contribution in [0.2, 0.25) is 0 Å². The lowest BCUT2D eigenvalue weighted by atomic mass is 10.1. The lowest BCUT2D eigenvalue weighted by Crippen LogP contribution is -2.49. The van der Waals surface area contributed by atoms with Crippen LogP contribution < -0.4 is 9.44 Å². The first-order valence-electron chi connectivity index (χ1n) is 5.70. The molecule has 0 saturated carbocycles. The highest BCUT2D eigenvalue weighted by Crippen LogP contribution is 2.14. The van der Waals surface area contributed by atoms with Crippen LogP contribution in [0.3, 0.4) is 0 Å². The van der Waals surface area contributed by atoms with Crippen molar-refractivity contribution in [3.05, 3.63) is 35.9 Å². The first-order valence-corrected chi connectivity index (χ1v) is 7.18. The number of carbonyl (C=O) groups is 1. The number of nitrogens with one attached hydrogen (secondary N) is 2. The summed E-state index contributed by atoms with van der Waals surface area (Å²) in [4.78, 5) is 11.2. The number of rotatable bonds is 5. The van der Waals surface area contributed by atoms with Crippen LogP contribution in [0.4, 0.5) is 0 Å². The number of hydrogen-bond acceptors (Lipinski definition) is 3. The van der Waals surface area contributed by atoms with E-state index in [2.05, 4.69) is 9.44 Å². The first kappa shape index (κ1) is 15.6. The van der Waals surface area contributed by atoms with Crippen LogP contribution in [0, 0.1) is 0 Å². The van der Waals surface area contributed by atoms with Crippen molar-refractivity contribution >= 4 is 16.2 Å². The third-order valence-electron chi connectivity index (χ3n) is 2.09. The van der Waals surface area contributed by atoms with Gasteiger partial charge in [-0.05, 0) is 26.3 Å². The molecule has 0 amide bonds. The average Bonchev–Trinajstić information content (AvgIpc) is 2.23. The van der Waals surface area contributed by atoms with Gasteiger partial charge in [0.25, 0.3) is 10.2 Å². The molecule has 0 aromatic heterocycles. The Bertz CT molecular complexity index is 535. The van der Waals surface area contributed by atoms with E-state index in [0.29, 0.717) is 5.56 Å². The second kappa shape index (κ2) is 5.68. The maximum atomic E-state index is 11.8. The van der Waals surface area contributed by atoms with Crippen molar-refractivity contribution in [2.45, 2.75) is 32.4 Å². The summed E-state index contributed by atoms with van der Waals surface area (Å²) in [6.45, 7) is 5.01. The quantitative estimate of drug-likeness (QED) is 0.753. The molecular weight excluding hydrogens is 268 g/mol. The van der Waals surface area contributed by atoms with Crippen molar-refractivity contribution in [1.82, 2.24) is 9.44 Å². The van der Waals surface area contributed by atoms with Gasteiger partial charge in [0.2, 0.25) is 0 Å². The molecule has 0 heterocycles. The largest absolute Gasteiger partial charge is 0.480 e. The average molecular weight is 286 g/mol. The molecule has 7 heteroatoms. The summed E-state index contributed by atoms with van der Waals surface area (Å²) in [7, 11) is -3.91. The number of hydrogen-bond donors (Lipinski definition) is 3. The summed E-state index contributed by atoms with van der Waals surface area (Å²) in [5.74, 6) is -1.26. The maximum Gasteiger partial charge on any atom is 0.326 e. The molecule has 1 rings (SSSR count). The van der Waals surface area contributed by atoms with E-state index in [4.69, 9.17) is 5.11 Å². The van der Waals surface area contributed by atoms with E-state index in [9.17, 15) is 13.2 Å². The molecule has 6 nitrogen and oxygen atoms in total. The Morgan fingerprint density at radius 2 is 1.74 bits per heavy atom. The summed E-state index contributed by atoms with van der Waals surface area (Å²) in [6, 6.07) is 6.82. The van der Waals surface area contributed by atoms with Crippen molar-refractivity contribution in [2.75, 3.05) is 0 Å². The van der Waals surface area contributed by atoms with Crippen molar-refractivity contribution < 1.29 is 18.3 Å². The molecule has 0 fully saturated rings. The van der Waals surface area contributed by atoms with Crippen LogP contribution in [0.1, 0.15) is 32.4 Å². The zero-order valence-electron chi connectivity index (χ0n) is 11.0. The monoisotopic (exact) mass is 286 g/mol. The lowest BCUT2D eigenvalue weighted by molar-refractivity contribution is -0.139. The minimum atomic E-state index is -3.91. The molecule has 1 aromatic rings. The van der Waals surface area contributed by atoms with Crippen LogP contribution in [0.15, 0.2) is 30.3 Å². The molecule has 1 unspecified atom stereocenters. The number of benzene rings is 1. The Kier molecular flexibility index (Phi) is 4.67. The highest BCUT2D eigenvalue weighted by Gasteiger charge is 2.28. The molecule has 106 valence electrons. The van der Waals surface area contributed by atoms with Gasteiger partial charge in [0.15, 0.2) is 0 Å². The summed E-state index contributed by atoms with van der Waals surface area (Å²) in [6.07, 6.45) is 0. The Balaban J connectivity index is 2.96. The van der Waals surface area contributed by atoms with Crippen LogP contribution in [-0.2, 0) is 15.0 Å². The van der Waals surface area contributed by atoms with Gasteiger partial charge in [0, 0.05) is 5.54 Å². The Morgan fingerprint density at radius 3 is 2.16 bits per heavy atom. The van der Waals surface area contributed by atoms with Gasteiger partial charge in [-0.1, -0.05) is 30.3 Å². The molecule has 0 radical (unpaired) electrons. The number of carboxylic acid groups (broad SMARTS) is 1. The van der Waals surface area contributed by atoms with Crippen LogP contribution >= 0.6 is 0 Å². The highest BCUT2D eigenvalue weighted by atomic mass is 32.2. The van der Waals surface area contributed by atoms with Crippen molar-refractivity contribution in [3.8, 4) is 0 Å². The molecule has 0 bridgehead atoms. The minimum absolute atomic E-state index is 0.370. The summed E-state index contributed by atoms with van der Waals surface area (Å²) >= 11 is 0. The van der Waals surface area contributed by atoms with E-state index >= 15 is 0 Å². The van der Waals surface area contributed by atoms with Gasteiger partial charge in [-0.15, -0.1) is 0 Å². The molecular formula is C12H18N2O4S. The van der Waals surface area contributed by atoms with E-state index < -0.39 is 27.8 Å². The molecule has 0 aliphatic heterocycles. The third kappa shape index (κ3) is 5.37. The summed E-state index contributed by atoms with van der Waals surface area (Å²) < 4.78 is 28.2. The third-order valence-corrected chi connectivity index (χ3v) is 3.52. The maximum absolute atomic E-state index is 11.8. The van der Waals surface area contributed by atoms with E-state index in [0.717, 1.165) is 0 Å².